The van der Waals surface area contributed by atoms with Crippen molar-refractivity contribution < 1.29 is 19.1 Å². The van der Waals surface area contributed by atoms with Crippen LogP contribution in [0.1, 0.15) is 59.2 Å². The average Bonchev–Trinajstić information content (AvgIpc) is 2.92. The summed E-state index contributed by atoms with van der Waals surface area (Å²) >= 11 is 0. The smallest absolute Gasteiger partial charge is 0.162 e. The Balaban J connectivity index is 1.12. The van der Waals surface area contributed by atoms with Gasteiger partial charge in [-0.05, 0) is 85.6 Å². The molecule has 182 valence electrons. The zero-order chi connectivity index (χ0) is 25.0. The van der Waals surface area contributed by atoms with E-state index in [0.29, 0.717) is 35.5 Å². The number of para-hydroxylation sites is 2. The molecule has 0 aliphatic heterocycles. The number of benzene rings is 4. The van der Waals surface area contributed by atoms with Crippen molar-refractivity contribution in [3.8, 4) is 23.0 Å². The summed E-state index contributed by atoms with van der Waals surface area (Å²) in [6.07, 6.45) is 4.52. The fraction of sp³-hybridized carbons (Fsp3) is 0.188. The molecule has 0 aromatic heterocycles. The van der Waals surface area contributed by atoms with Gasteiger partial charge in [0.15, 0.2) is 11.6 Å². The van der Waals surface area contributed by atoms with Crippen molar-refractivity contribution in [2.24, 2.45) is 0 Å². The van der Waals surface area contributed by atoms with Crippen LogP contribution in [0.5, 0.6) is 23.0 Å². The SMILES string of the molecule is O=C(CCCCCCC(=O)c1ccc(Oc2ccccc2)cc1)c1ccc(Oc2ccccc2)cc1. The van der Waals surface area contributed by atoms with Crippen molar-refractivity contribution in [2.45, 2.75) is 38.5 Å². The van der Waals surface area contributed by atoms with Crippen LogP contribution >= 0.6 is 0 Å². The minimum Gasteiger partial charge on any atom is -0.457 e. The molecule has 0 atom stereocenters. The Kier molecular flexibility index (Phi) is 9.04. The summed E-state index contributed by atoms with van der Waals surface area (Å²) in [5, 5.41) is 0. The van der Waals surface area contributed by atoms with Crippen LogP contribution in [-0.4, -0.2) is 11.6 Å². The number of hydrogen-bond acceptors (Lipinski definition) is 4. The van der Waals surface area contributed by atoms with Crippen LogP contribution in [0, 0.1) is 0 Å². The van der Waals surface area contributed by atoms with Crippen LogP contribution in [0.2, 0.25) is 0 Å². The van der Waals surface area contributed by atoms with Crippen molar-refractivity contribution >= 4 is 11.6 Å². The Hall–Kier alpha value is -4.18. The molecule has 0 heterocycles. The summed E-state index contributed by atoms with van der Waals surface area (Å²) < 4.78 is 11.5. The van der Waals surface area contributed by atoms with Gasteiger partial charge in [-0.3, -0.25) is 9.59 Å². The van der Waals surface area contributed by atoms with E-state index in [1.807, 2.05) is 109 Å². The fourth-order valence-electron chi connectivity index (χ4n) is 3.88. The zero-order valence-corrected chi connectivity index (χ0v) is 20.3. The van der Waals surface area contributed by atoms with E-state index < -0.39 is 0 Å². The van der Waals surface area contributed by atoms with Crippen molar-refractivity contribution in [1.29, 1.82) is 0 Å². The third-order valence-electron chi connectivity index (χ3n) is 5.87. The molecule has 0 bridgehead atoms. The molecule has 0 aliphatic carbocycles. The summed E-state index contributed by atoms with van der Waals surface area (Å²) in [7, 11) is 0. The summed E-state index contributed by atoms with van der Waals surface area (Å²) in [5.74, 6) is 3.22. The number of ether oxygens (including phenoxy) is 2. The largest absolute Gasteiger partial charge is 0.457 e. The van der Waals surface area contributed by atoms with Crippen LogP contribution in [0.25, 0.3) is 0 Å². The minimum absolute atomic E-state index is 0.134. The summed E-state index contributed by atoms with van der Waals surface area (Å²) in [5.41, 5.74) is 1.40. The van der Waals surface area contributed by atoms with Crippen LogP contribution in [0.15, 0.2) is 109 Å². The summed E-state index contributed by atoms with van der Waals surface area (Å²) in [4.78, 5) is 25.0. The number of ketones is 2. The standard InChI is InChI=1S/C32H30O4/c33-31(25-17-21-29(22-18-25)35-27-11-5-3-6-12-27)15-9-1-2-10-16-32(34)26-19-23-30(24-20-26)36-28-13-7-4-8-14-28/h3-8,11-14,17-24H,1-2,9-10,15-16H2. The first kappa shape index (κ1) is 24.9. The number of rotatable bonds is 13. The van der Waals surface area contributed by atoms with Gasteiger partial charge in [0.25, 0.3) is 0 Å². The van der Waals surface area contributed by atoms with Crippen molar-refractivity contribution in [3.63, 3.8) is 0 Å². The van der Waals surface area contributed by atoms with Crippen LogP contribution < -0.4 is 9.47 Å². The van der Waals surface area contributed by atoms with E-state index in [0.717, 1.165) is 37.2 Å². The maximum absolute atomic E-state index is 12.5. The third-order valence-corrected chi connectivity index (χ3v) is 5.87. The molecule has 36 heavy (non-hydrogen) atoms. The molecule has 0 amide bonds. The maximum Gasteiger partial charge on any atom is 0.162 e. The monoisotopic (exact) mass is 478 g/mol. The van der Waals surface area contributed by atoms with Gasteiger partial charge in [0, 0.05) is 24.0 Å². The van der Waals surface area contributed by atoms with Gasteiger partial charge in [0.05, 0.1) is 0 Å². The van der Waals surface area contributed by atoms with Crippen molar-refractivity contribution in [3.05, 3.63) is 120 Å². The molecule has 0 aliphatic rings. The lowest BCUT2D eigenvalue weighted by Crippen LogP contribution is -2.00. The highest BCUT2D eigenvalue weighted by molar-refractivity contribution is 5.96. The lowest BCUT2D eigenvalue weighted by Gasteiger charge is -2.07. The Morgan fingerprint density at radius 3 is 1.11 bits per heavy atom. The van der Waals surface area contributed by atoms with Gasteiger partial charge < -0.3 is 9.47 Å². The molecule has 4 aromatic rings. The summed E-state index contributed by atoms with van der Waals surface area (Å²) in [6.45, 7) is 0. The molecular weight excluding hydrogens is 448 g/mol. The van der Waals surface area contributed by atoms with E-state index in [2.05, 4.69) is 0 Å². The number of unbranched alkanes of at least 4 members (excludes halogenated alkanes) is 3. The molecule has 4 nitrogen and oxygen atoms in total. The Labute approximate surface area is 212 Å². The normalized spacial score (nSPS) is 10.6. The van der Waals surface area contributed by atoms with Gasteiger partial charge in [-0.1, -0.05) is 49.2 Å². The van der Waals surface area contributed by atoms with E-state index in [4.69, 9.17) is 9.47 Å². The zero-order valence-electron chi connectivity index (χ0n) is 20.3. The fourth-order valence-corrected chi connectivity index (χ4v) is 3.88. The van der Waals surface area contributed by atoms with Crippen LogP contribution in [0.4, 0.5) is 0 Å². The van der Waals surface area contributed by atoms with E-state index >= 15 is 0 Å². The molecule has 0 spiro atoms. The maximum atomic E-state index is 12.5. The molecule has 4 rings (SSSR count). The molecular formula is C32H30O4. The molecule has 0 radical (unpaired) electrons. The second-order valence-electron chi connectivity index (χ2n) is 8.64. The van der Waals surface area contributed by atoms with E-state index in [1.54, 1.807) is 0 Å². The first-order valence-electron chi connectivity index (χ1n) is 12.4. The third kappa shape index (κ3) is 7.67. The van der Waals surface area contributed by atoms with Crippen LogP contribution in [0.3, 0.4) is 0 Å². The van der Waals surface area contributed by atoms with E-state index in [1.165, 1.54) is 0 Å². The average molecular weight is 479 g/mol. The van der Waals surface area contributed by atoms with Crippen molar-refractivity contribution in [1.82, 2.24) is 0 Å². The summed E-state index contributed by atoms with van der Waals surface area (Å²) in [6, 6.07) is 33.7. The first-order chi connectivity index (χ1) is 17.7. The number of carbonyl (C=O) groups is 2. The Bertz CT molecular complexity index is 1130. The number of carbonyl (C=O) groups excluding carboxylic acids is 2. The van der Waals surface area contributed by atoms with Crippen LogP contribution in [-0.2, 0) is 0 Å². The van der Waals surface area contributed by atoms with Gasteiger partial charge in [0.2, 0.25) is 0 Å². The van der Waals surface area contributed by atoms with Gasteiger partial charge >= 0.3 is 0 Å². The van der Waals surface area contributed by atoms with Gasteiger partial charge in [0.1, 0.15) is 23.0 Å². The first-order valence-corrected chi connectivity index (χ1v) is 12.4. The molecule has 0 unspecified atom stereocenters. The molecule has 0 saturated heterocycles. The van der Waals surface area contributed by atoms with E-state index in [-0.39, 0.29) is 11.6 Å². The second-order valence-corrected chi connectivity index (χ2v) is 8.64. The number of Topliss-reactive ketones (excluding diaryl/α,β-unsaturated/α-hetero) is 2. The number of hydrogen-bond donors (Lipinski definition) is 0. The quantitative estimate of drug-likeness (QED) is 0.142. The predicted octanol–water partition coefficient (Wildman–Crippen LogP) is 8.68. The van der Waals surface area contributed by atoms with Gasteiger partial charge in [-0.25, -0.2) is 0 Å². The predicted molar refractivity (Wildman–Crippen MR) is 142 cm³/mol. The van der Waals surface area contributed by atoms with Gasteiger partial charge in [-0.2, -0.15) is 0 Å². The van der Waals surface area contributed by atoms with Crippen molar-refractivity contribution in [2.75, 3.05) is 0 Å². The highest BCUT2D eigenvalue weighted by Crippen LogP contribution is 2.23. The Morgan fingerprint density at radius 1 is 0.417 bits per heavy atom. The molecule has 4 aromatic carbocycles. The molecule has 0 N–H and O–H groups in total. The van der Waals surface area contributed by atoms with Gasteiger partial charge in [-0.15, -0.1) is 0 Å². The minimum atomic E-state index is 0.134. The lowest BCUT2D eigenvalue weighted by atomic mass is 10.0. The van der Waals surface area contributed by atoms with E-state index in [9.17, 15) is 9.59 Å². The molecule has 4 heteroatoms. The second kappa shape index (κ2) is 13.1. The molecule has 0 saturated carbocycles. The lowest BCUT2D eigenvalue weighted by molar-refractivity contribution is 0.0966. The Morgan fingerprint density at radius 2 is 0.750 bits per heavy atom. The topological polar surface area (TPSA) is 52.6 Å². The highest BCUT2D eigenvalue weighted by atomic mass is 16.5. The highest BCUT2D eigenvalue weighted by Gasteiger charge is 2.08. The molecule has 0 fully saturated rings.